The molecule has 1 atom stereocenters. The molecule has 0 saturated carbocycles. The number of benzene rings is 2. The van der Waals surface area contributed by atoms with E-state index in [0.29, 0.717) is 18.7 Å². The van der Waals surface area contributed by atoms with Crippen LogP contribution in [0.1, 0.15) is 23.1 Å². The highest BCUT2D eigenvalue weighted by atomic mass is 16.3. The number of hydrogen-bond donors (Lipinski definition) is 3. The molecule has 2 amide bonds. The van der Waals surface area contributed by atoms with Crippen LogP contribution >= 0.6 is 0 Å². The fraction of sp³-hybridized carbons (Fsp3) is 0.278. The zero-order valence-electron chi connectivity index (χ0n) is 13.2. The number of amides is 2. The Morgan fingerprint density at radius 1 is 1.25 bits per heavy atom. The van der Waals surface area contributed by atoms with E-state index in [1.165, 1.54) is 0 Å². The third-order valence-electron chi connectivity index (χ3n) is 4.22. The fourth-order valence-corrected chi connectivity index (χ4v) is 2.99. The highest BCUT2D eigenvalue weighted by Crippen LogP contribution is 2.29. The minimum absolute atomic E-state index is 0.166. The van der Waals surface area contributed by atoms with Gasteiger partial charge in [-0.05, 0) is 47.7 Å². The van der Waals surface area contributed by atoms with E-state index in [9.17, 15) is 14.8 Å². The Labute approximate surface area is 139 Å². The number of aryl methyl sites for hydroxylation is 1. The summed E-state index contributed by atoms with van der Waals surface area (Å²) in [5.41, 5.74) is 3.67. The van der Waals surface area contributed by atoms with Gasteiger partial charge in [-0.15, -0.1) is 0 Å². The second kappa shape index (κ2) is 7.12. The van der Waals surface area contributed by atoms with Crippen LogP contribution in [0.15, 0.2) is 47.6 Å². The zero-order valence-corrected chi connectivity index (χ0v) is 13.2. The molecule has 6 nitrogen and oxygen atoms in total. The first-order chi connectivity index (χ1) is 11.7. The third kappa shape index (κ3) is 3.71. The summed E-state index contributed by atoms with van der Waals surface area (Å²) in [5.74, 6) is 0.166. The van der Waals surface area contributed by atoms with Crippen LogP contribution in [-0.4, -0.2) is 17.2 Å². The maximum absolute atomic E-state index is 12.1. The molecule has 6 heteroatoms. The van der Waals surface area contributed by atoms with Crippen LogP contribution in [0, 0.1) is 4.91 Å². The number of nitrogens with zero attached hydrogens (tertiary/aromatic N) is 1. The summed E-state index contributed by atoms with van der Waals surface area (Å²) in [5, 5.41) is 18.2. The van der Waals surface area contributed by atoms with E-state index >= 15 is 0 Å². The molecule has 2 aromatic carbocycles. The first kappa shape index (κ1) is 16.0. The lowest BCUT2D eigenvalue weighted by atomic mass is 9.87. The molecule has 1 unspecified atom stereocenters. The molecule has 3 rings (SSSR count). The van der Waals surface area contributed by atoms with E-state index in [0.717, 1.165) is 29.5 Å². The third-order valence-corrected chi connectivity index (χ3v) is 4.22. The van der Waals surface area contributed by atoms with Gasteiger partial charge in [0.05, 0.1) is 6.04 Å². The summed E-state index contributed by atoms with van der Waals surface area (Å²) in [7, 11) is 0. The number of nitrogens with one attached hydrogen (secondary N) is 2. The van der Waals surface area contributed by atoms with Gasteiger partial charge >= 0.3 is 6.03 Å². The molecule has 1 aliphatic carbocycles. The molecule has 0 fully saturated rings. The van der Waals surface area contributed by atoms with Gasteiger partial charge in [-0.1, -0.05) is 29.4 Å². The van der Waals surface area contributed by atoms with Crippen molar-refractivity contribution in [2.24, 2.45) is 5.18 Å². The number of anilines is 1. The Kier molecular flexibility index (Phi) is 4.74. The van der Waals surface area contributed by atoms with Crippen LogP contribution in [-0.2, 0) is 19.4 Å². The number of hydrogen-bond acceptors (Lipinski definition) is 4. The minimum atomic E-state index is -0.326. The van der Waals surface area contributed by atoms with E-state index in [2.05, 4.69) is 15.8 Å². The van der Waals surface area contributed by atoms with Gasteiger partial charge in [-0.3, -0.25) is 0 Å². The monoisotopic (exact) mass is 325 g/mol. The van der Waals surface area contributed by atoms with Crippen molar-refractivity contribution in [2.45, 2.75) is 31.8 Å². The quantitative estimate of drug-likeness (QED) is 0.753. The van der Waals surface area contributed by atoms with Gasteiger partial charge in [-0.25, -0.2) is 4.79 Å². The molecule has 24 heavy (non-hydrogen) atoms. The van der Waals surface area contributed by atoms with Gasteiger partial charge in [0, 0.05) is 18.7 Å². The molecule has 3 N–H and O–H groups in total. The smallest absolute Gasteiger partial charge is 0.319 e. The Hall–Kier alpha value is -2.89. The van der Waals surface area contributed by atoms with Gasteiger partial charge < -0.3 is 15.7 Å². The number of phenolic OH excluding ortho intramolecular Hbond substituents is 1. The molecule has 0 heterocycles. The van der Waals surface area contributed by atoms with E-state index in [4.69, 9.17) is 0 Å². The highest BCUT2D eigenvalue weighted by molar-refractivity contribution is 5.90. The van der Waals surface area contributed by atoms with Crippen LogP contribution < -0.4 is 10.6 Å². The van der Waals surface area contributed by atoms with Gasteiger partial charge in [-0.2, -0.15) is 4.91 Å². The van der Waals surface area contributed by atoms with Crippen LogP contribution in [0.5, 0.6) is 5.75 Å². The summed E-state index contributed by atoms with van der Waals surface area (Å²) in [6, 6.07) is 11.9. The number of carbonyl (C=O) groups excluding carboxylic acids is 1. The fourth-order valence-electron chi connectivity index (χ4n) is 2.99. The van der Waals surface area contributed by atoms with Crippen molar-refractivity contribution in [3.05, 3.63) is 64.1 Å². The topological polar surface area (TPSA) is 90.8 Å². The van der Waals surface area contributed by atoms with Crippen molar-refractivity contribution in [1.29, 1.82) is 0 Å². The maximum Gasteiger partial charge on any atom is 0.319 e. The molecular weight excluding hydrogens is 306 g/mol. The molecule has 124 valence electrons. The highest BCUT2D eigenvalue weighted by Gasteiger charge is 2.22. The lowest BCUT2D eigenvalue weighted by Gasteiger charge is -2.22. The largest absolute Gasteiger partial charge is 0.508 e. The van der Waals surface area contributed by atoms with Crippen molar-refractivity contribution in [2.75, 3.05) is 5.32 Å². The molecular formula is C18H19N3O3. The van der Waals surface area contributed by atoms with E-state index in [1.54, 1.807) is 18.2 Å². The molecule has 0 aliphatic heterocycles. The molecule has 2 aromatic rings. The van der Waals surface area contributed by atoms with Crippen LogP contribution in [0.25, 0.3) is 0 Å². The van der Waals surface area contributed by atoms with Crippen molar-refractivity contribution in [3.63, 3.8) is 0 Å². The van der Waals surface area contributed by atoms with Crippen LogP contribution in [0.3, 0.4) is 0 Å². The summed E-state index contributed by atoms with van der Waals surface area (Å²) >= 11 is 0. The normalized spacial score (nSPS) is 16.1. The molecule has 0 spiro atoms. The van der Waals surface area contributed by atoms with Crippen molar-refractivity contribution in [1.82, 2.24) is 5.32 Å². The van der Waals surface area contributed by atoms with Gasteiger partial charge in [0.15, 0.2) is 0 Å². The maximum atomic E-state index is 12.1. The number of rotatable bonds is 4. The second-order valence-electron chi connectivity index (χ2n) is 5.92. The summed E-state index contributed by atoms with van der Waals surface area (Å²) in [6.45, 7) is 0.313. The molecule has 0 bridgehead atoms. The number of carbonyl (C=O) groups is 1. The number of urea groups is 1. The average molecular weight is 325 g/mol. The van der Waals surface area contributed by atoms with Crippen LogP contribution in [0.2, 0.25) is 0 Å². The van der Waals surface area contributed by atoms with Crippen molar-refractivity contribution >= 4 is 11.7 Å². The predicted molar refractivity (Wildman–Crippen MR) is 92.0 cm³/mol. The minimum Gasteiger partial charge on any atom is -0.508 e. The first-order valence-corrected chi connectivity index (χ1v) is 7.91. The summed E-state index contributed by atoms with van der Waals surface area (Å²) < 4.78 is 0. The van der Waals surface area contributed by atoms with Crippen molar-refractivity contribution < 1.29 is 9.90 Å². The molecule has 1 aliphatic rings. The Balaban J connectivity index is 1.65. The van der Waals surface area contributed by atoms with Crippen molar-refractivity contribution in [3.8, 4) is 5.75 Å². The first-order valence-electron chi connectivity index (χ1n) is 7.91. The molecule has 0 radical (unpaired) electrons. The van der Waals surface area contributed by atoms with Gasteiger partial charge in [0.2, 0.25) is 0 Å². The summed E-state index contributed by atoms with van der Waals surface area (Å²) in [4.78, 5) is 23.0. The molecule has 0 saturated heterocycles. The van der Waals surface area contributed by atoms with E-state index in [-0.39, 0.29) is 17.8 Å². The van der Waals surface area contributed by atoms with Gasteiger partial charge in [0.1, 0.15) is 5.75 Å². The molecule has 0 aromatic heterocycles. The van der Waals surface area contributed by atoms with E-state index < -0.39 is 0 Å². The lowest BCUT2D eigenvalue weighted by Crippen LogP contribution is -2.29. The Morgan fingerprint density at radius 3 is 2.88 bits per heavy atom. The summed E-state index contributed by atoms with van der Waals surface area (Å²) in [6.07, 6.45) is 2.11. The number of fused-ring (bicyclic) bond motifs is 1. The van der Waals surface area contributed by atoms with Gasteiger partial charge in [0.25, 0.3) is 0 Å². The lowest BCUT2D eigenvalue weighted by molar-refractivity contribution is 0.251. The Morgan fingerprint density at radius 2 is 2.08 bits per heavy atom. The Bertz CT molecular complexity index is 761. The number of nitroso groups, excluding NO2 is 1. The zero-order chi connectivity index (χ0) is 16.9. The SMILES string of the molecule is O=NC1CCc2cccc(NC(=O)NCc3cccc(O)c3)c2C1. The number of phenols is 1. The van der Waals surface area contributed by atoms with Crippen LogP contribution in [0.4, 0.5) is 10.5 Å². The van der Waals surface area contributed by atoms with E-state index in [1.807, 2.05) is 24.3 Å². The average Bonchev–Trinajstić information content (AvgIpc) is 2.60. The second-order valence-corrected chi connectivity index (χ2v) is 5.92. The standard InChI is InChI=1S/C18H19N3O3/c22-15-5-1-3-12(9-15)11-19-18(23)20-17-6-2-4-13-7-8-14(21-24)10-16(13)17/h1-6,9,14,22H,7-8,10-11H2,(H2,19,20,23). The predicted octanol–water partition coefficient (Wildman–Crippen LogP) is 3.34. The number of aromatic hydroxyl groups is 1.